The van der Waals surface area contributed by atoms with E-state index in [0.717, 1.165) is 12.8 Å². The second kappa shape index (κ2) is 5.97. The van der Waals surface area contributed by atoms with Gasteiger partial charge in [0, 0.05) is 6.04 Å². The van der Waals surface area contributed by atoms with Crippen molar-refractivity contribution in [2.24, 2.45) is 11.7 Å². The molecule has 3 nitrogen and oxygen atoms in total. The molecule has 0 aliphatic carbocycles. The first-order valence-electron chi connectivity index (χ1n) is 4.99. The Kier molecular flexibility index (Phi) is 5.71. The molecular formula is C10H22N2O. The lowest BCUT2D eigenvalue weighted by Gasteiger charge is -2.15. The van der Waals surface area contributed by atoms with Crippen LogP contribution in [0, 0.1) is 5.92 Å². The third kappa shape index (κ3) is 6.58. The van der Waals surface area contributed by atoms with Gasteiger partial charge in [-0.1, -0.05) is 13.8 Å². The van der Waals surface area contributed by atoms with Crippen LogP contribution in [0.25, 0.3) is 0 Å². The molecule has 1 unspecified atom stereocenters. The van der Waals surface area contributed by atoms with Gasteiger partial charge in [-0.15, -0.1) is 0 Å². The van der Waals surface area contributed by atoms with Gasteiger partial charge < -0.3 is 11.1 Å². The van der Waals surface area contributed by atoms with Crippen molar-refractivity contribution in [1.82, 2.24) is 5.32 Å². The first kappa shape index (κ1) is 12.4. The highest BCUT2D eigenvalue weighted by Gasteiger charge is 2.13. The minimum absolute atomic E-state index is 0.0318. The van der Waals surface area contributed by atoms with Crippen molar-refractivity contribution in [3.8, 4) is 0 Å². The smallest absolute Gasteiger partial charge is 0.237 e. The SMILES string of the molecule is CC(C)CCC(N)C(=O)NC(C)C. The Morgan fingerprint density at radius 3 is 2.15 bits per heavy atom. The minimum atomic E-state index is -0.343. The number of nitrogens with one attached hydrogen (secondary N) is 1. The standard InChI is InChI=1S/C10H22N2O/c1-7(2)5-6-9(11)10(13)12-8(3)4/h7-9H,5-6,11H2,1-4H3,(H,12,13). The molecule has 0 spiro atoms. The number of amides is 1. The topological polar surface area (TPSA) is 55.1 Å². The predicted octanol–water partition coefficient (Wildman–Crippen LogP) is 1.27. The van der Waals surface area contributed by atoms with Crippen molar-refractivity contribution >= 4 is 5.91 Å². The van der Waals surface area contributed by atoms with E-state index in [-0.39, 0.29) is 18.0 Å². The average Bonchev–Trinajstić information content (AvgIpc) is 1.98. The van der Waals surface area contributed by atoms with E-state index in [9.17, 15) is 4.79 Å². The van der Waals surface area contributed by atoms with Crippen LogP contribution in [0.15, 0.2) is 0 Å². The molecule has 0 aliphatic heterocycles. The highest BCUT2D eigenvalue weighted by Crippen LogP contribution is 2.05. The molecule has 13 heavy (non-hydrogen) atoms. The third-order valence-electron chi connectivity index (χ3n) is 1.82. The molecular weight excluding hydrogens is 164 g/mol. The van der Waals surface area contributed by atoms with Crippen LogP contribution in [-0.2, 0) is 4.79 Å². The van der Waals surface area contributed by atoms with Crippen LogP contribution in [0.4, 0.5) is 0 Å². The molecule has 0 aliphatic rings. The zero-order chi connectivity index (χ0) is 10.4. The van der Waals surface area contributed by atoms with E-state index >= 15 is 0 Å². The minimum Gasteiger partial charge on any atom is -0.353 e. The molecule has 0 aromatic heterocycles. The van der Waals surface area contributed by atoms with Crippen molar-refractivity contribution in [3.05, 3.63) is 0 Å². The van der Waals surface area contributed by atoms with E-state index in [0.29, 0.717) is 5.92 Å². The third-order valence-corrected chi connectivity index (χ3v) is 1.82. The van der Waals surface area contributed by atoms with Gasteiger partial charge in [0.05, 0.1) is 6.04 Å². The van der Waals surface area contributed by atoms with Gasteiger partial charge in [-0.2, -0.15) is 0 Å². The van der Waals surface area contributed by atoms with Gasteiger partial charge in [0.1, 0.15) is 0 Å². The lowest BCUT2D eigenvalue weighted by molar-refractivity contribution is -0.123. The Morgan fingerprint density at radius 1 is 1.23 bits per heavy atom. The molecule has 0 aromatic carbocycles. The second-order valence-electron chi connectivity index (χ2n) is 4.24. The summed E-state index contributed by atoms with van der Waals surface area (Å²) < 4.78 is 0. The first-order valence-corrected chi connectivity index (χ1v) is 4.99. The van der Waals surface area contributed by atoms with E-state index in [1.54, 1.807) is 0 Å². The van der Waals surface area contributed by atoms with E-state index in [1.165, 1.54) is 0 Å². The van der Waals surface area contributed by atoms with E-state index in [2.05, 4.69) is 19.2 Å². The molecule has 0 fully saturated rings. The highest BCUT2D eigenvalue weighted by atomic mass is 16.2. The van der Waals surface area contributed by atoms with Crippen molar-refractivity contribution in [2.75, 3.05) is 0 Å². The number of hydrogen-bond acceptors (Lipinski definition) is 2. The van der Waals surface area contributed by atoms with Gasteiger partial charge in [0.25, 0.3) is 0 Å². The van der Waals surface area contributed by atoms with Crippen LogP contribution in [0.3, 0.4) is 0 Å². The van der Waals surface area contributed by atoms with Gasteiger partial charge in [-0.3, -0.25) is 4.79 Å². The Morgan fingerprint density at radius 2 is 1.77 bits per heavy atom. The fraction of sp³-hybridized carbons (Fsp3) is 0.900. The normalized spacial score (nSPS) is 13.5. The van der Waals surface area contributed by atoms with E-state index in [4.69, 9.17) is 5.73 Å². The molecule has 78 valence electrons. The summed E-state index contributed by atoms with van der Waals surface area (Å²) >= 11 is 0. The van der Waals surface area contributed by atoms with E-state index < -0.39 is 0 Å². The fourth-order valence-corrected chi connectivity index (χ4v) is 1.04. The molecule has 0 rings (SSSR count). The van der Waals surface area contributed by atoms with Crippen molar-refractivity contribution in [1.29, 1.82) is 0 Å². The summed E-state index contributed by atoms with van der Waals surface area (Å²) in [5, 5.41) is 2.80. The average molecular weight is 186 g/mol. The summed E-state index contributed by atoms with van der Waals surface area (Å²) in [6.07, 6.45) is 1.78. The lowest BCUT2D eigenvalue weighted by Crippen LogP contribution is -2.43. The molecule has 1 atom stereocenters. The summed E-state index contributed by atoms with van der Waals surface area (Å²) in [4.78, 5) is 11.3. The monoisotopic (exact) mass is 186 g/mol. The number of rotatable bonds is 5. The van der Waals surface area contributed by atoms with Gasteiger partial charge in [0.15, 0.2) is 0 Å². The Hall–Kier alpha value is -0.570. The Labute approximate surface area is 81.1 Å². The summed E-state index contributed by atoms with van der Waals surface area (Å²) in [5.41, 5.74) is 5.70. The maximum atomic E-state index is 11.3. The van der Waals surface area contributed by atoms with Crippen LogP contribution < -0.4 is 11.1 Å². The van der Waals surface area contributed by atoms with Gasteiger partial charge in [0.2, 0.25) is 5.91 Å². The molecule has 0 saturated carbocycles. The van der Waals surface area contributed by atoms with Crippen molar-refractivity contribution in [3.63, 3.8) is 0 Å². The van der Waals surface area contributed by atoms with Crippen molar-refractivity contribution < 1.29 is 4.79 Å². The Balaban J connectivity index is 3.69. The quantitative estimate of drug-likeness (QED) is 0.679. The maximum absolute atomic E-state index is 11.3. The molecule has 0 heterocycles. The van der Waals surface area contributed by atoms with Gasteiger partial charge in [-0.05, 0) is 32.6 Å². The van der Waals surface area contributed by atoms with Crippen LogP contribution in [0.5, 0.6) is 0 Å². The molecule has 0 aromatic rings. The molecule has 0 bridgehead atoms. The predicted molar refractivity (Wildman–Crippen MR) is 55.3 cm³/mol. The number of carbonyl (C=O) groups is 1. The summed E-state index contributed by atoms with van der Waals surface area (Å²) in [5.74, 6) is 0.577. The van der Waals surface area contributed by atoms with Gasteiger partial charge >= 0.3 is 0 Å². The van der Waals surface area contributed by atoms with Crippen LogP contribution in [0.1, 0.15) is 40.5 Å². The zero-order valence-corrected chi connectivity index (χ0v) is 9.13. The van der Waals surface area contributed by atoms with E-state index in [1.807, 2.05) is 13.8 Å². The molecule has 0 radical (unpaired) electrons. The lowest BCUT2D eigenvalue weighted by atomic mass is 10.0. The molecule has 0 saturated heterocycles. The first-order chi connectivity index (χ1) is 5.93. The maximum Gasteiger partial charge on any atom is 0.237 e. The van der Waals surface area contributed by atoms with Crippen LogP contribution in [0.2, 0.25) is 0 Å². The summed E-state index contributed by atoms with van der Waals surface area (Å²) in [6, 6.07) is -0.164. The van der Waals surface area contributed by atoms with Gasteiger partial charge in [-0.25, -0.2) is 0 Å². The van der Waals surface area contributed by atoms with Crippen molar-refractivity contribution in [2.45, 2.75) is 52.6 Å². The highest BCUT2D eigenvalue weighted by molar-refractivity contribution is 5.81. The largest absolute Gasteiger partial charge is 0.353 e. The molecule has 3 N–H and O–H groups in total. The van der Waals surface area contributed by atoms with Crippen LogP contribution >= 0.6 is 0 Å². The fourth-order valence-electron chi connectivity index (χ4n) is 1.04. The number of nitrogens with two attached hydrogens (primary N) is 1. The second-order valence-corrected chi connectivity index (χ2v) is 4.24. The van der Waals surface area contributed by atoms with Crippen LogP contribution in [-0.4, -0.2) is 18.0 Å². The molecule has 1 amide bonds. The molecule has 3 heteroatoms. The number of hydrogen-bond donors (Lipinski definition) is 2. The summed E-state index contributed by atoms with van der Waals surface area (Å²) in [7, 11) is 0. The number of carbonyl (C=O) groups excluding carboxylic acids is 1. The summed E-state index contributed by atoms with van der Waals surface area (Å²) in [6.45, 7) is 8.14. The zero-order valence-electron chi connectivity index (χ0n) is 9.13. The Bertz CT molecular complexity index is 155.